The number of anilines is 1. The summed E-state index contributed by atoms with van der Waals surface area (Å²) in [5.74, 6) is 0.536. The molecule has 2 aromatic heterocycles. The van der Waals surface area contributed by atoms with Crippen LogP contribution in [0.15, 0.2) is 61.1 Å². The zero-order valence-electron chi connectivity index (χ0n) is 17.9. The second kappa shape index (κ2) is 8.71. The molecule has 33 heavy (non-hydrogen) atoms. The zero-order chi connectivity index (χ0) is 23.0. The number of aliphatic hydroxyl groups excluding tert-OH is 1. The summed E-state index contributed by atoms with van der Waals surface area (Å²) < 4.78 is 26.8. The minimum absolute atomic E-state index is 0.00518. The molecule has 2 aromatic carbocycles. The molecule has 1 fully saturated rings. The summed E-state index contributed by atoms with van der Waals surface area (Å²) in [4.78, 5) is 8.94. The maximum Gasteiger partial charge on any atom is 0.274 e. The first kappa shape index (κ1) is 21.8. The number of rotatable bonds is 7. The summed E-state index contributed by atoms with van der Waals surface area (Å²) in [6.45, 7) is 0.741. The van der Waals surface area contributed by atoms with Crippen molar-refractivity contribution in [3.05, 3.63) is 66.6 Å². The quantitative estimate of drug-likeness (QED) is 0.330. The van der Waals surface area contributed by atoms with E-state index >= 15 is 0 Å². The summed E-state index contributed by atoms with van der Waals surface area (Å²) in [7, 11) is -3.79. The lowest BCUT2D eigenvalue weighted by atomic mass is 10.0. The van der Waals surface area contributed by atoms with Crippen LogP contribution in [-0.2, 0) is 16.8 Å². The molecule has 1 saturated carbocycles. The largest absolute Gasteiger partial charge is 0.393 e. The Labute approximate surface area is 191 Å². The molecule has 0 bridgehead atoms. The molecule has 5 rings (SSSR count). The molecule has 2 heterocycles. The molecule has 3 atom stereocenters. The summed E-state index contributed by atoms with van der Waals surface area (Å²) in [6, 6.07) is 16.5. The third-order valence-corrected chi connectivity index (χ3v) is 6.98. The Balaban J connectivity index is 1.35. The molecular formula is C23H26N6O3S. The molecule has 1 aliphatic rings. The Kier molecular flexibility index (Phi) is 5.75. The second-order valence-electron chi connectivity index (χ2n) is 8.52. The number of nitrogens with zero attached hydrogens (tertiary/aromatic N) is 3. The van der Waals surface area contributed by atoms with Crippen molar-refractivity contribution in [1.82, 2.24) is 19.3 Å². The average Bonchev–Trinajstić information content (AvgIpc) is 3.39. The van der Waals surface area contributed by atoms with Crippen LogP contribution in [0.1, 0.15) is 24.4 Å². The van der Waals surface area contributed by atoms with E-state index in [1.807, 2.05) is 29.0 Å². The van der Waals surface area contributed by atoms with Gasteiger partial charge < -0.3 is 15.0 Å². The molecule has 0 unspecified atom stereocenters. The number of nitrogens with two attached hydrogens (primary N) is 1. The molecule has 9 nitrogen and oxygen atoms in total. The lowest BCUT2D eigenvalue weighted by molar-refractivity contribution is 0.133. The highest BCUT2D eigenvalue weighted by Crippen LogP contribution is 2.37. The van der Waals surface area contributed by atoms with Crippen molar-refractivity contribution in [2.45, 2.75) is 31.5 Å². The first-order valence-corrected chi connectivity index (χ1v) is 12.4. The topological polar surface area (TPSA) is 135 Å². The molecule has 0 radical (unpaired) electrons. The van der Waals surface area contributed by atoms with Gasteiger partial charge in [0.1, 0.15) is 17.8 Å². The number of aromatic nitrogens is 3. The lowest BCUT2D eigenvalue weighted by Gasteiger charge is -2.15. The van der Waals surface area contributed by atoms with Crippen LogP contribution in [0.4, 0.5) is 5.82 Å². The molecule has 5 N–H and O–H groups in total. The Morgan fingerprint density at radius 2 is 1.88 bits per heavy atom. The van der Waals surface area contributed by atoms with E-state index in [-0.39, 0.29) is 18.5 Å². The zero-order valence-corrected chi connectivity index (χ0v) is 18.7. The number of nitrogens with one attached hydrogen (secondary N) is 2. The fourth-order valence-electron chi connectivity index (χ4n) is 4.78. The third kappa shape index (κ3) is 4.55. The van der Waals surface area contributed by atoms with Gasteiger partial charge in [-0.3, -0.25) is 0 Å². The fourth-order valence-corrected chi connectivity index (χ4v) is 5.22. The number of fused-ring (bicyclic) bond motifs is 2. The van der Waals surface area contributed by atoms with Crippen molar-refractivity contribution >= 4 is 37.8 Å². The van der Waals surface area contributed by atoms with E-state index in [0.717, 1.165) is 16.9 Å². The average molecular weight is 467 g/mol. The first-order chi connectivity index (χ1) is 15.9. The van der Waals surface area contributed by atoms with Crippen molar-refractivity contribution in [3.8, 4) is 0 Å². The van der Waals surface area contributed by atoms with Crippen molar-refractivity contribution in [3.63, 3.8) is 0 Å². The van der Waals surface area contributed by atoms with Crippen LogP contribution >= 0.6 is 0 Å². The van der Waals surface area contributed by atoms with Crippen LogP contribution in [0.2, 0.25) is 0 Å². The molecular weight excluding hydrogens is 440 g/mol. The van der Waals surface area contributed by atoms with Crippen LogP contribution in [0.5, 0.6) is 0 Å². The van der Waals surface area contributed by atoms with Crippen LogP contribution in [-0.4, -0.2) is 40.7 Å². The van der Waals surface area contributed by atoms with Crippen molar-refractivity contribution < 1.29 is 13.5 Å². The van der Waals surface area contributed by atoms with E-state index in [1.54, 1.807) is 0 Å². The third-order valence-electron chi connectivity index (χ3n) is 6.41. The minimum atomic E-state index is -3.79. The predicted octanol–water partition coefficient (Wildman–Crippen LogP) is 2.30. The molecule has 4 aromatic rings. The Morgan fingerprint density at radius 3 is 2.73 bits per heavy atom. The van der Waals surface area contributed by atoms with Crippen molar-refractivity contribution in [2.24, 2.45) is 11.1 Å². The normalized spacial score (nSPS) is 21.1. The molecule has 0 amide bonds. The lowest BCUT2D eigenvalue weighted by Crippen LogP contribution is -2.36. The van der Waals surface area contributed by atoms with Crippen LogP contribution < -0.4 is 15.2 Å². The van der Waals surface area contributed by atoms with Gasteiger partial charge in [0.2, 0.25) is 0 Å². The van der Waals surface area contributed by atoms with Gasteiger partial charge in [-0.05, 0) is 35.2 Å². The predicted molar refractivity (Wildman–Crippen MR) is 128 cm³/mol. The van der Waals surface area contributed by atoms with Crippen molar-refractivity contribution in [1.29, 1.82) is 0 Å². The molecule has 172 valence electrons. The van der Waals surface area contributed by atoms with Gasteiger partial charge in [-0.2, -0.15) is 8.42 Å². The Morgan fingerprint density at radius 1 is 1.06 bits per heavy atom. The summed E-state index contributed by atoms with van der Waals surface area (Å²) in [5.41, 5.74) is 1.96. The molecule has 0 spiro atoms. The van der Waals surface area contributed by atoms with Crippen LogP contribution in [0.3, 0.4) is 0 Å². The van der Waals surface area contributed by atoms with E-state index in [2.05, 4.69) is 50.3 Å². The molecule has 1 aliphatic carbocycles. The number of benzene rings is 2. The van der Waals surface area contributed by atoms with E-state index in [9.17, 15) is 13.5 Å². The van der Waals surface area contributed by atoms with E-state index in [0.29, 0.717) is 19.4 Å². The maximum atomic E-state index is 11.2. The van der Waals surface area contributed by atoms with Gasteiger partial charge in [-0.25, -0.2) is 19.8 Å². The maximum absolute atomic E-state index is 11.2. The summed E-state index contributed by atoms with van der Waals surface area (Å²) in [5, 5.41) is 22.2. The van der Waals surface area contributed by atoms with Gasteiger partial charge in [0, 0.05) is 31.2 Å². The van der Waals surface area contributed by atoms with Gasteiger partial charge in [-0.15, -0.1) is 0 Å². The van der Waals surface area contributed by atoms with E-state index < -0.39 is 16.3 Å². The molecule has 0 aliphatic heterocycles. The first-order valence-electron chi connectivity index (χ1n) is 10.9. The summed E-state index contributed by atoms with van der Waals surface area (Å²) in [6.07, 6.45) is 4.01. The Hall–Kier alpha value is -3.05. The van der Waals surface area contributed by atoms with Crippen LogP contribution in [0.25, 0.3) is 21.8 Å². The Bertz CT molecular complexity index is 1400. The highest BCUT2D eigenvalue weighted by Gasteiger charge is 2.35. The molecule has 10 heteroatoms. The molecule has 0 saturated heterocycles. The van der Waals surface area contributed by atoms with Gasteiger partial charge in [0.15, 0.2) is 0 Å². The minimum Gasteiger partial charge on any atom is -0.393 e. The highest BCUT2D eigenvalue weighted by molar-refractivity contribution is 7.87. The standard InChI is InChI=1S/C23H26N6O3S/c24-33(31,32)28-13-17-10-18(11-21(17)30)29-9-8-20-22(26-14-27-23(20)29)25-12-16-6-3-5-15-4-1-2-7-19(15)16/h1-9,14,17-18,21,28,30H,10-13H2,(H2,24,31,32)(H,25,26,27)/t17-,18+,21-/m0/s1. The van der Waals surface area contributed by atoms with Crippen molar-refractivity contribution in [2.75, 3.05) is 11.9 Å². The highest BCUT2D eigenvalue weighted by atomic mass is 32.2. The van der Waals surface area contributed by atoms with Gasteiger partial charge in [-0.1, -0.05) is 42.5 Å². The van der Waals surface area contributed by atoms with Gasteiger partial charge in [0.05, 0.1) is 11.5 Å². The second-order valence-corrected chi connectivity index (χ2v) is 9.90. The smallest absolute Gasteiger partial charge is 0.274 e. The van der Waals surface area contributed by atoms with E-state index in [1.165, 1.54) is 22.7 Å². The number of aliphatic hydroxyl groups is 1. The van der Waals surface area contributed by atoms with Gasteiger partial charge in [0.25, 0.3) is 10.2 Å². The fraction of sp³-hybridized carbons (Fsp3) is 0.304. The van der Waals surface area contributed by atoms with Crippen LogP contribution in [0, 0.1) is 5.92 Å². The monoisotopic (exact) mass is 466 g/mol. The number of hydrogen-bond donors (Lipinski definition) is 4. The summed E-state index contributed by atoms with van der Waals surface area (Å²) >= 11 is 0. The number of hydrogen-bond acceptors (Lipinski definition) is 6. The van der Waals surface area contributed by atoms with E-state index in [4.69, 9.17) is 5.14 Å². The SMILES string of the molecule is NS(=O)(=O)NC[C@@H]1C[C@@H](n2ccc3c(NCc4cccc5ccccc45)ncnc32)C[C@@H]1O. The van der Waals surface area contributed by atoms with Gasteiger partial charge >= 0.3 is 0 Å².